The standard InChI is InChI=1S/C22H22ClN3O3/c1-14-20(15(2)26(25-14)17-7-4-3-5-8-17)22(27)24-13-16-11-18(23)21-19(12-16)28-9-6-10-29-21/h3-5,7-8,11-12H,6,9-10,13H2,1-2H3,(H,24,27). The number of benzene rings is 2. The molecule has 0 bridgehead atoms. The number of ether oxygens (including phenoxy) is 2. The highest BCUT2D eigenvalue weighted by molar-refractivity contribution is 6.32. The lowest BCUT2D eigenvalue weighted by Crippen LogP contribution is -2.24. The Morgan fingerprint density at radius 2 is 1.93 bits per heavy atom. The molecule has 0 atom stereocenters. The van der Waals surface area contributed by atoms with Crippen LogP contribution in [-0.2, 0) is 6.54 Å². The molecule has 1 aliphatic heterocycles. The van der Waals surface area contributed by atoms with Crippen LogP contribution in [-0.4, -0.2) is 28.9 Å². The van der Waals surface area contributed by atoms with Crippen LogP contribution in [0.15, 0.2) is 42.5 Å². The molecule has 150 valence electrons. The van der Waals surface area contributed by atoms with Crippen molar-refractivity contribution in [3.63, 3.8) is 0 Å². The highest BCUT2D eigenvalue weighted by atomic mass is 35.5. The molecule has 0 unspecified atom stereocenters. The number of amides is 1. The van der Waals surface area contributed by atoms with E-state index in [1.807, 2.05) is 50.2 Å². The Bertz CT molecular complexity index is 1050. The second-order valence-electron chi connectivity index (χ2n) is 6.93. The molecule has 2 aromatic carbocycles. The maximum atomic E-state index is 12.9. The summed E-state index contributed by atoms with van der Waals surface area (Å²) in [7, 11) is 0. The monoisotopic (exact) mass is 411 g/mol. The molecule has 7 heteroatoms. The van der Waals surface area contributed by atoms with Gasteiger partial charge in [0.05, 0.1) is 40.9 Å². The summed E-state index contributed by atoms with van der Waals surface area (Å²) in [5.74, 6) is 1.00. The van der Waals surface area contributed by atoms with Crippen LogP contribution >= 0.6 is 11.6 Å². The van der Waals surface area contributed by atoms with Gasteiger partial charge in [-0.05, 0) is 43.7 Å². The van der Waals surface area contributed by atoms with Gasteiger partial charge in [0.25, 0.3) is 5.91 Å². The van der Waals surface area contributed by atoms with E-state index in [1.165, 1.54) is 0 Å². The first-order valence-electron chi connectivity index (χ1n) is 9.52. The van der Waals surface area contributed by atoms with Crippen molar-refractivity contribution in [3.8, 4) is 17.2 Å². The quantitative estimate of drug-likeness (QED) is 0.697. The molecule has 29 heavy (non-hydrogen) atoms. The smallest absolute Gasteiger partial charge is 0.255 e. The summed E-state index contributed by atoms with van der Waals surface area (Å²) >= 11 is 6.34. The predicted octanol–water partition coefficient (Wildman–Crippen LogP) is 4.23. The van der Waals surface area contributed by atoms with E-state index in [-0.39, 0.29) is 5.91 Å². The van der Waals surface area contributed by atoms with E-state index in [4.69, 9.17) is 21.1 Å². The average molecular weight is 412 g/mol. The number of hydrogen-bond donors (Lipinski definition) is 1. The zero-order chi connectivity index (χ0) is 20.4. The number of nitrogens with zero attached hydrogens (tertiary/aromatic N) is 2. The first-order chi connectivity index (χ1) is 14.0. The zero-order valence-electron chi connectivity index (χ0n) is 16.4. The van der Waals surface area contributed by atoms with E-state index in [0.717, 1.165) is 23.4 Å². The Hall–Kier alpha value is -2.99. The van der Waals surface area contributed by atoms with Crippen LogP contribution in [0.25, 0.3) is 5.69 Å². The summed E-state index contributed by atoms with van der Waals surface area (Å²) in [6.07, 6.45) is 0.807. The van der Waals surface area contributed by atoms with Crippen LogP contribution in [0.3, 0.4) is 0 Å². The van der Waals surface area contributed by atoms with E-state index in [2.05, 4.69) is 10.4 Å². The average Bonchev–Trinajstić information content (AvgIpc) is 2.88. The highest BCUT2D eigenvalue weighted by Crippen LogP contribution is 2.38. The Labute approximate surface area is 174 Å². The normalized spacial score (nSPS) is 13.1. The summed E-state index contributed by atoms with van der Waals surface area (Å²) in [6.45, 7) is 5.21. The van der Waals surface area contributed by atoms with Crippen molar-refractivity contribution in [2.24, 2.45) is 0 Å². The lowest BCUT2D eigenvalue weighted by Gasteiger charge is -2.12. The Morgan fingerprint density at radius 3 is 2.72 bits per heavy atom. The van der Waals surface area contributed by atoms with Gasteiger partial charge in [-0.1, -0.05) is 29.8 Å². The SMILES string of the molecule is Cc1nn(-c2ccccc2)c(C)c1C(=O)NCc1cc(Cl)c2c(c1)OCCCO2. The number of hydrogen-bond acceptors (Lipinski definition) is 4. The zero-order valence-corrected chi connectivity index (χ0v) is 17.1. The number of fused-ring (bicyclic) bond motifs is 1. The molecule has 3 aromatic rings. The molecule has 1 amide bonds. The molecule has 0 aliphatic carbocycles. The first-order valence-corrected chi connectivity index (χ1v) is 9.90. The van der Waals surface area contributed by atoms with Crippen LogP contribution in [0.4, 0.5) is 0 Å². The number of para-hydroxylation sites is 1. The number of rotatable bonds is 4. The van der Waals surface area contributed by atoms with Crippen LogP contribution in [0.5, 0.6) is 11.5 Å². The van der Waals surface area contributed by atoms with Gasteiger partial charge in [-0.3, -0.25) is 4.79 Å². The molecule has 0 saturated heterocycles. The van der Waals surface area contributed by atoms with E-state index in [0.29, 0.717) is 47.5 Å². The minimum atomic E-state index is -0.176. The maximum Gasteiger partial charge on any atom is 0.255 e. The van der Waals surface area contributed by atoms with Gasteiger partial charge in [-0.15, -0.1) is 0 Å². The summed E-state index contributed by atoms with van der Waals surface area (Å²) in [6, 6.07) is 13.4. The van der Waals surface area contributed by atoms with Crippen molar-refractivity contribution in [2.75, 3.05) is 13.2 Å². The first kappa shape index (κ1) is 19.3. The molecule has 0 radical (unpaired) electrons. The minimum Gasteiger partial charge on any atom is -0.489 e. The molecule has 1 N–H and O–H groups in total. The fraction of sp³-hybridized carbons (Fsp3) is 0.273. The third-order valence-corrected chi connectivity index (χ3v) is 5.11. The second-order valence-corrected chi connectivity index (χ2v) is 7.34. The molecular weight excluding hydrogens is 390 g/mol. The van der Waals surface area contributed by atoms with Gasteiger partial charge in [0, 0.05) is 13.0 Å². The van der Waals surface area contributed by atoms with E-state index < -0.39 is 0 Å². The van der Waals surface area contributed by atoms with E-state index >= 15 is 0 Å². The highest BCUT2D eigenvalue weighted by Gasteiger charge is 2.20. The van der Waals surface area contributed by atoms with Crippen molar-refractivity contribution in [3.05, 3.63) is 70.0 Å². The fourth-order valence-corrected chi connectivity index (χ4v) is 3.74. The van der Waals surface area contributed by atoms with Crippen LogP contribution in [0, 0.1) is 13.8 Å². The predicted molar refractivity (Wildman–Crippen MR) is 111 cm³/mol. The van der Waals surface area contributed by atoms with Gasteiger partial charge in [0.15, 0.2) is 11.5 Å². The number of aryl methyl sites for hydroxylation is 1. The topological polar surface area (TPSA) is 65.4 Å². The number of halogens is 1. The molecule has 4 rings (SSSR count). The maximum absolute atomic E-state index is 12.9. The Balaban J connectivity index is 1.53. The number of carbonyl (C=O) groups excluding carboxylic acids is 1. The van der Waals surface area contributed by atoms with Crippen molar-refractivity contribution >= 4 is 17.5 Å². The van der Waals surface area contributed by atoms with Gasteiger partial charge in [0.1, 0.15) is 0 Å². The van der Waals surface area contributed by atoms with Crippen molar-refractivity contribution in [1.82, 2.24) is 15.1 Å². The van der Waals surface area contributed by atoms with Crippen molar-refractivity contribution in [2.45, 2.75) is 26.8 Å². The molecule has 1 aliphatic rings. The van der Waals surface area contributed by atoms with Crippen LogP contribution in [0.1, 0.15) is 33.7 Å². The molecule has 2 heterocycles. The molecule has 0 fully saturated rings. The largest absolute Gasteiger partial charge is 0.489 e. The summed E-state index contributed by atoms with van der Waals surface area (Å²) < 4.78 is 13.2. The lowest BCUT2D eigenvalue weighted by molar-refractivity contribution is 0.0949. The van der Waals surface area contributed by atoms with Gasteiger partial charge >= 0.3 is 0 Å². The third-order valence-electron chi connectivity index (χ3n) is 4.83. The third kappa shape index (κ3) is 3.93. The summed E-state index contributed by atoms with van der Waals surface area (Å²) in [4.78, 5) is 12.9. The Morgan fingerprint density at radius 1 is 1.17 bits per heavy atom. The van der Waals surface area contributed by atoms with Gasteiger partial charge in [-0.25, -0.2) is 4.68 Å². The van der Waals surface area contributed by atoms with Gasteiger partial charge < -0.3 is 14.8 Å². The Kier molecular flexibility index (Phi) is 5.45. The van der Waals surface area contributed by atoms with E-state index in [1.54, 1.807) is 10.7 Å². The van der Waals surface area contributed by atoms with Crippen molar-refractivity contribution in [1.29, 1.82) is 0 Å². The molecule has 6 nitrogen and oxygen atoms in total. The van der Waals surface area contributed by atoms with Gasteiger partial charge in [-0.2, -0.15) is 5.10 Å². The van der Waals surface area contributed by atoms with Gasteiger partial charge in [0.2, 0.25) is 0 Å². The molecule has 1 aromatic heterocycles. The summed E-state index contributed by atoms with van der Waals surface area (Å²) in [5, 5.41) is 7.99. The van der Waals surface area contributed by atoms with Crippen molar-refractivity contribution < 1.29 is 14.3 Å². The molecular formula is C22H22ClN3O3. The van der Waals surface area contributed by atoms with Crippen LogP contribution in [0.2, 0.25) is 5.02 Å². The number of carbonyl (C=O) groups is 1. The molecule has 0 spiro atoms. The summed E-state index contributed by atoms with van der Waals surface area (Å²) in [5.41, 5.74) is 3.82. The second kappa shape index (κ2) is 8.17. The van der Waals surface area contributed by atoms with E-state index in [9.17, 15) is 4.79 Å². The number of nitrogens with one attached hydrogen (secondary N) is 1. The van der Waals surface area contributed by atoms with Crippen LogP contribution < -0.4 is 14.8 Å². The lowest BCUT2D eigenvalue weighted by atomic mass is 10.1. The number of aromatic nitrogens is 2. The minimum absolute atomic E-state index is 0.176. The molecule has 0 saturated carbocycles. The fourth-order valence-electron chi connectivity index (χ4n) is 3.45.